The van der Waals surface area contributed by atoms with Gasteiger partial charge in [0.1, 0.15) is 9.88 Å². The minimum absolute atomic E-state index is 0.0817. The molecule has 6 nitrogen and oxygen atoms in total. The lowest BCUT2D eigenvalue weighted by atomic mass is 10.3. The Balaban J connectivity index is 2.46. The van der Waals surface area contributed by atoms with E-state index in [2.05, 4.69) is 10.1 Å². The van der Waals surface area contributed by atoms with Crippen LogP contribution in [0.25, 0.3) is 10.6 Å². The van der Waals surface area contributed by atoms with E-state index < -0.39 is 5.97 Å². The average molecular weight is 279 g/mol. The lowest BCUT2D eigenvalue weighted by Gasteiger charge is -1.98. The summed E-state index contributed by atoms with van der Waals surface area (Å²) in [4.78, 5) is 27.9. The Bertz CT molecular complexity index is 630. The van der Waals surface area contributed by atoms with Gasteiger partial charge in [-0.05, 0) is 6.92 Å². The van der Waals surface area contributed by atoms with Crippen LogP contribution in [0.5, 0.6) is 0 Å². The fraction of sp³-hybridized carbons (Fsp3) is 0.333. The summed E-state index contributed by atoms with van der Waals surface area (Å²) in [6, 6.07) is 0. The van der Waals surface area contributed by atoms with Crippen molar-refractivity contribution in [2.75, 3.05) is 6.61 Å². The van der Waals surface area contributed by atoms with Gasteiger partial charge in [0.2, 0.25) is 0 Å². The third-order valence-corrected chi connectivity index (χ3v) is 3.57. The molecule has 2 aromatic rings. The SMILES string of the molecule is CCOC(=O)c1nc(-c2cnn(C)c2)sc1C(C)=O. The number of nitrogens with zero attached hydrogens (tertiary/aromatic N) is 3. The molecule has 0 fully saturated rings. The summed E-state index contributed by atoms with van der Waals surface area (Å²) in [5.41, 5.74) is 0.851. The van der Waals surface area contributed by atoms with Crippen LogP contribution in [-0.2, 0) is 11.8 Å². The predicted octanol–water partition coefficient (Wildman–Crippen LogP) is 1.92. The summed E-state index contributed by atoms with van der Waals surface area (Å²) in [5, 5.41) is 4.62. The second kappa shape index (κ2) is 5.31. The lowest BCUT2D eigenvalue weighted by molar-refractivity contribution is 0.0517. The molecular formula is C12H13N3O3S. The second-order valence-corrected chi connectivity index (χ2v) is 4.88. The number of ketones is 1. The number of thiazole rings is 1. The van der Waals surface area contributed by atoms with Crippen molar-refractivity contribution >= 4 is 23.1 Å². The number of rotatable bonds is 4. The molecule has 0 amide bonds. The molecule has 19 heavy (non-hydrogen) atoms. The van der Waals surface area contributed by atoms with E-state index in [-0.39, 0.29) is 18.1 Å². The van der Waals surface area contributed by atoms with Gasteiger partial charge in [-0.3, -0.25) is 9.48 Å². The van der Waals surface area contributed by atoms with E-state index >= 15 is 0 Å². The summed E-state index contributed by atoms with van der Waals surface area (Å²) in [6.07, 6.45) is 3.41. The summed E-state index contributed by atoms with van der Waals surface area (Å²) in [7, 11) is 1.79. The van der Waals surface area contributed by atoms with E-state index in [1.807, 2.05) is 0 Å². The Morgan fingerprint density at radius 2 is 2.21 bits per heavy atom. The Morgan fingerprint density at radius 1 is 1.47 bits per heavy atom. The second-order valence-electron chi connectivity index (χ2n) is 3.88. The lowest BCUT2D eigenvalue weighted by Crippen LogP contribution is -2.09. The van der Waals surface area contributed by atoms with Crippen molar-refractivity contribution in [1.82, 2.24) is 14.8 Å². The highest BCUT2D eigenvalue weighted by Gasteiger charge is 2.23. The van der Waals surface area contributed by atoms with Gasteiger partial charge in [-0.25, -0.2) is 9.78 Å². The number of hydrogen-bond acceptors (Lipinski definition) is 6. The van der Waals surface area contributed by atoms with Crippen LogP contribution < -0.4 is 0 Å². The van der Waals surface area contributed by atoms with Crippen LogP contribution in [0.2, 0.25) is 0 Å². The smallest absolute Gasteiger partial charge is 0.358 e. The predicted molar refractivity (Wildman–Crippen MR) is 70.3 cm³/mol. The zero-order valence-corrected chi connectivity index (χ0v) is 11.7. The number of Topliss-reactive ketones (excluding diaryl/α,β-unsaturated/α-hetero) is 1. The Labute approximate surface area is 114 Å². The molecule has 0 atom stereocenters. The maximum atomic E-state index is 11.8. The van der Waals surface area contributed by atoms with Crippen molar-refractivity contribution in [3.8, 4) is 10.6 Å². The Hall–Kier alpha value is -2.02. The third-order valence-electron chi connectivity index (χ3n) is 2.37. The molecule has 7 heteroatoms. The first-order chi connectivity index (χ1) is 9.02. The molecule has 0 aromatic carbocycles. The fourth-order valence-corrected chi connectivity index (χ4v) is 2.47. The molecule has 0 bridgehead atoms. The number of aromatic nitrogens is 3. The molecular weight excluding hydrogens is 266 g/mol. The van der Waals surface area contributed by atoms with Crippen molar-refractivity contribution in [1.29, 1.82) is 0 Å². The van der Waals surface area contributed by atoms with Crippen molar-refractivity contribution in [2.45, 2.75) is 13.8 Å². The summed E-state index contributed by atoms with van der Waals surface area (Å²) < 4.78 is 6.54. The van der Waals surface area contributed by atoms with Gasteiger partial charge in [-0.15, -0.1) is 11.3 Å². The highest BCUT2D eigenvalue weighted by Crippen LogP contribution is 2.28. The van der Waals surface area contributed by atoms with Crippen molar-refractivity contribution in [2.24, 2.45) is 7.05 Å². The van der Waals surface area contributed by atoms with E-state index in [4.69, 9.17) is 4.74 Å². The van der Waals surface area contributed by atoms with Crippen LogP contribution in [0.15, 0.2) is 12.4 Å². The number of carbonyl (C=O) groups excluding carboxylic acids is 2. The van der Waals surface area contributed by atoms with Crippen LogP contribution in [0.1, 0.15) is 34.0 Å². The minimum Gasteiger partial charge on any atom is -0.461 e. The van der Waals surface area contributed by atoms with Gasteiger partial charge >= 0.3 is 5.97 Å². The summed E-state index contributed by atoms with van der Waals surface area (Å²) >= 11 is 1.17. The van der Waals surface area contributed by atoms with E-state index in [1.165, 1.54) is 18.3 Å². The molecule has 0 aliphatic rings. The number of esters is 1. The van der Waals surface area contributed by atoms with Crippen LogP contribution in [0, 0.1) is 0 Å². The monoisotopic (exact) mass is 279 g/mol. The number of carbonyl (C=O) groups is 2. The molecule has 0 radical (unpaired) electrons. The Morgan fingerprint density at radius 3 is 2.74 bits per heavy atom. The number of hydrogen-bond donors (Lipinski definition) is 0. The van der Waals surface area contributed by atoms with Gasteiger partial charge in [0.25, 0.3) is 0 Å². The largest absolute Gasteiger partial charge is 0.461 e. The number of ether oxygens (including phenoxy) is 1. The van der Waals surface area contributed by atoms with E-state index in [0.29, 0.717) is 9.88 Å². The molecule has 0 saturated carbocycles. The third kappa shape index (κ3) is 2.70. The zero-order chi connectivity index (χ0) is 14.0. The quantitative estimate of drug-likeness (QED) is 0.631. The minimum atomic E-state index is -0.570. The van der Waals surface area contributed by atoms with Gasteiger partial charge < -0.3 is 4.74 Å². The molecule has 2 rings (SSSR count). The normalized spacial score (nSPS) is 10.5. The van der Waals surface area contributed by atoms with Gasteiger partial charge in [0, 0.05) is 25.7 Å². The van der Waals surface area contributed by atoms with Crippen LogP contribution >= 0.6 is 11.3 Å². The van der Waals surface area contributed by atoms with Crippen molar-refractivity contribution < 1.29 is 14.3 Å². The molecule has 0 aliphatic heterocycles. The average Bonchev–Trinajstić information content (AvgIpc) is 2.94. The first kappa shape index (κ1) is 13.4. The molecule has 0 aliphatic carbocycles. The zero-order valence-electron chi connectivity index (χ0n) is 10.8. The molecule has 2 heterocycles. The highest BCUT2D eigenvalue weighted by atomic mass is 32.1. The Kier molecular flexibility index (Phi) is 3.75. The van der Waals surface area contributed by atoms with Gasteiger partial charge in [-0.1, -0.05) is 0 Å². The van der Waals surface area contributed by atoms with E-state index in [9.17, 15) is 9.59 Å². The maximum Gasteiger partial charge on any atom is 0.358 e. The van der Waals surface area contributed by atoms with Gasteiger partial charge in [0.05, 0.1) is 12.8 Å². The molecule has 0 spiro atoms. The molecule has 2 aromatic heterocycles. The molecule has 0 N–H and O–H groups in total. The van der Waals surface area contributed by atoms with E-state index in [0.717, 1.165) is 5.56 Å². The first-order valence-corrected chi connectivity index (χ1v) is 6.52. The van der Waals surface area contributed by atoms with Gasteiger partial charge in [0.15, 0.2) is 11.5 Å². The standard InChI is InChI=1S/C12H13N3O3S/c1-4-18-12(17)9-10(7(2)16)19-11(14-9)8-5-13-15(3)6-8/h5-6H,4H2,1-3H3. The topological polar surface area (TPSA) is 74.1 Å². The molecule has 0 unspecified atom stereocenters. The highest BCUT2D eigenvalue weighted by molar-refractivity contribution is 7.17. The molecule has 100 valence electrons. The van der Waals surface area contributed by atoms with Crippen LogP contribution in [-0.4, -0.2) is 33.1 Å². The van der Waals surface area contributed by atoms with Crippen LogP contribution in [0.3, 0.4) is 0 Å². The van der Waals surface area contributed by atoms with E-state index in [1.54, 1.807) is 31.0 Å². The van der Waals surface area contributed by atoms with Crippen molar-refractivity contribution in [3.05, 3.63) is 23.0 Å². The first-order valence-electron chi connectivity index (χ1n) is 5.70. The molecule has 0 saturated heterocycles. The van der Waals surface area contributed by atoms with Crippen molar-refractivity contribution in [3.63, 3.8) is 0 Å². The van der Waals surface area contributed by atoms with Crippen LogP contribution in [0.4, 0.5) is 0 Å². The summed E-state index contributed by atoms with van der Waals surface area (Å²) in [6.45, 7) is 3.36. The fourth-order valence-electron chi connectivity index (χ4n) is 1.55. The number of aryl methyl sites for hydroxylation is 1. The maximum absolute atomic E-state index is 11.8. The van der Waals surface area contributed by atoms with Gasteiger partial charge in [-0.2, -0.15) is 5.10 Å². The summed E-state index contributed by atoms with van der Waals surface area (Å²) in [5.74, 6) is -0.769.